The van der Waals surface area contributed by atoms with Gasteiger partial charge in [0.25, 0.3) is 0 Å². The topological polar surface area (TPSA) is 122 Å². The lowest BCUT2D eigenvalue weighted by atomic mass is 10.1. The maximum Gasteiger partial charge on any atom is 0.242 e. The molecule has 0 amide bonds. The molecular formula is C11H18N2O5S. The molecule has 0 saturated carbocycles. The summed E-state index contributed by atoms with van der Waals surface area (Å²) < 4.78 is 31.1. The molecule has 1 aromatic rings. The number of nitrogens with one attached hydrogen (secondary N) is 1. The fourth-order valence-corrected chi connectivity index (χ4v) is 2.56. The Hall–Kier alpha value is -1.35. The zero-order chi connectivity index (χ0) is 14.7. The zero-order valence-electron chi connectivity index (χ0n) is 10.8. The molecule has 0 aromatic heterocycles. The Morgan fingerprint density at radius 1 is 1.47 bits per heavy atom. The number of nitrogens with two attached hydrogens (primary N) is 1. The minimum absolute atomic E-state index is 0.0375. The number of ether oxygens (including phenoxy) is 1. The number of hydrogen-bond acceptors (Lipinski definition) is 6. The van der Waals surface area contributed by atoms with Crippen molar-refractivity contribution in [2.24, 2.45) is 0 Å². The Morgan fingerprint density at radius 2 is 2.11 bits per heavy atom. The zero-order valence-corrected chi connectivity index (χ0v) is 11.6. The third-order valence-corrected chi connectivity index (χ3v) is 3.97. The van der Waals surface area contributed by atoms with Crippen LogP contribution < -0.4 is 15.2 Å². The number of anilines is 1. The number of methoxy groups -OCH3 is 1. The molecule has 0 aliphatic carbocycles. The molecule has 19 heavy (non-hydrogen) atoms. The Kier molecular flexibility index (Phi) is 4.75. The van der Waals surface area contributed by atoms with Crippen molar-refractivity contribution in [1.29, 1.82) is 0 Å². The second kappa shape index (κ2) is 5.74. The molecule has 108 valence electrons. The van der Waals surface area contributed by atoms with Gasteiger partial charge in [-0.15, -0.1) is 0 Å². The van der Waals surface area contributed by atoms with Crippen molar-refractivity contribution in [2.45, 2.75) is 17.4 Å². The summed E-state index contributed by atoms with van der Waals surface area (Å²) >= 11 is 0. The van der Waals surface area contributed by atoms with Crippen LogP contribution in [0, 0.1) is 0 Å². The number of aliphatic hydroxyl groups is 2. The van der Waals surface area contributed by atoms with Gasteiger partial charge in [0.2, 0.25) is 10.0 Å². The van der Waals surface area contributed by atoms with E-state index in [2.05, 4.69) is 4.72 Å². The van der Waals surface area contributed by atoms with Crippen molar-refractivity contribution >= 4 is 15.7 Å². The van der Waals surface area contributed by atoms with Crippen LogP contribution in [0.25, 0.3) is 0 Å². The van der Waals surface area contributed by atoms with Crippen LogP contribution in [0.15, 0.2) is 23.1 Å². The highest BCUT2D eigenvalue weighted by Gasteiger charge is 2.24. The molecule has 0 radical (unpaired) electrons. The van der Waals surface area contributed by atoms with Crippen LogP contribution in [0.3, 0.4) is 0 Å². The van der Waals surface area contributed by atoms with Gasteiger partial charge in [-0.25, -0.2) is 13.1 Å². The predicted octanol–water partition coefficient (Wildman–Crippen LogP) is -0.701. The highest BCUT2D eigenvalue weighted by Crippen LogP contribution is 2.23. The molecule has 1 rings (SSSR count). The number of rotatable bonds is 6. The lowest BCUT2D eigenvalue weighted by molar-refractivity contribution is 0.00681. The van der Waals surface area contributed by atoms with Gasteiger partial charge < -0.3 is 20.7 Å². The first-order valence-corrected chi connectivity index (χ1v) is 6.96. The maximum absolute atomic E-state index is 12.0. The van der Waals surface area contributed by atoms with E-state index in [1.54, 1.807) is 0 Å². The number of hydrogen-bond donors (Lipinski definition) is 4. The van der Waals surface area contributed by atoms with Gasteiger partial charge in [0.15, 0.2) is 0 Å². The van der Waals surface area contributed by atoms with Gasteiger partial charge in [-0.1, -0.05) is 0 Å². The Bertz CT molecular complexity index is 542. The van der Waals surface area contributed by atoms with E-state index in [0.29, 0.717) is 5.75 Å². The molecule has 1 atom stereocenters. The van der Waals surface area contributed by atoms with Crippen LogP contribution in [0.5, 0.6) is 5.75 Å². The molecule has 7 nitrogen and oxygen atoms in total. The van der Waals surface area contributed by atoms with Crippen LogP contribution in [-0.4, -0.2) is 44.5 Å². The first-order chi connectivity index (χ1) is 8.72. The van der Waals surface area contributed by atoms with Crippen molar-refractivity contribution in [2.75, 3.05) is 26.0 Å². The van der Waals surface area contributed by atoms with E-state index in [1.165, 1.54) is 32.2 Å². The van der Waals surface area contributed by atoms with Gasteiger partial charge in [-0.2, -0.15) is 0 Å². The monoisotopic (exact) mass is 290 g/mol. The van der Waals surface area contributed by atoms with Crippen molar-refractivity contribution < 1.29 is 23.4 Å². The largest absolute Gasteiger partial charge is 0.497 e. The van der Waals surface area contributed by atoms with Gasteiger partial charge in [0, 0.05) is 12.6 Å². The summed E-state index contributed by atoms with van der Waals surface area (Å²) in [6.45, 7) is 0.428. The lowest BCUT2D eigenvalue weighted by Crippen LogP contribution is -2.43. The molecule has 5 N–H and O–H groups in total. The fraction of sp³-hybridized carbons (Fsp3) is 0.455. The highest BCUT2D eigenvalue weighted by molar-refractivity contribution is 7.89. The molecule has 0 spiro atoms. The van der Waals surface area contributed by atoms with E-state index in [9.17, 15) is 13.5 Å². The van der Waals surface area contributed by atoms with Crippen molar-refractivity contribution in [3.8, 4) is 5.75 Å². The summed E-state index contributed by atoms with van der Waals surface area (Å²) in [5.74, 6) is 0.443. The smallest absolute Gasteiger partial charge is 0.242 e. The Labute approximate surface area is 112 Å². The van der Waals surface area contributed by atoms with Crippen LogP contribution >= 0.6 is 0 Å². The van der Waals surface area contributed by atoms with E-state index in [1.807, 2.05) is 0 Å². The quantitative estimate of drug-likeness (QED) is 0.514. The van der Waals surface area contributed by atoms with Gasteiger partial charge in [-0.3, -0.25) is 0 Å². The van der Waals surface area contributed by atoms with E-state index in [-0.39, 0.29) is 17.1 Å². The molecule has 0 aliphatic rings. The fourth-order valence-electron chi connectivity index (χ4n) is 1.28. The van der Waals surface area contributed by atoms with Crippen LogP contribution in [0.1, 0.15) is 6.92 Å². The SMILES string of the molecule is COc1ccc(S(=O)(=O)NCC(C)(O)CO)c(N)c1. The molecular weight excluding hydrogens is 272 g/mol. The second-order valence-corrected chi connectivity index (χ2v) is 6.12. The summed E-state index contributed by atoms with van der Waals surface area (Å²) in [7, 11) is -2.42. The average Bonchev–Trinajstić information content (AvgIpc) is 2.36. The van der Waals surface area contributed by atoms with Crippen LogP contribution in [0.2, 0.25) is 0 Å². The minimum Gasteiger partial charge on any atom is -0.497 e. The van der Waals surface area contributed by atoms with Crippen molar-refractivity contribution in [3.63, 3.8) is 0 Å². The summed E-state index contributed by atoms with van der Waals surface area (Å²) in [6, 6.07) is 4.16. The van der Waals surface area contributed by atoms with Gasteiger partial charge in [0.1, 0.15) is 10.6 Å². The van der Waals surface area contributed by atoms with Gasteiger partial charge >= 0.3 is 0 Å². The van der Waals surface area contributed by atoms with Crippen molar-refractivity contribution in [1.82, 2.24) is 4.72 Å². The summed E-state index contributed by atoms with van der Waals surface area (Å²) in [5.41, 5.74) is 4.15. The standard InChI is InChI=1S/C11H18N2O5S/c1-11(15,7-14)6-13-19(16,17)10-4-3-8(18-2)5-9(10)12/h3-5,13-15H,6-7,12H2,1-2H3. The van der Waals surface area contributed by atoms with Crippen LogP contribution in [0.4, 0.5) is 5.69 Å². The number of benzene rings is 1. The number of sulfonamides is 1. The van der Waals surface area contributed by atoms with E-state index >= 15 is 0 Å². The molecule has 0 heterocycles. The summed E-state index contributed by atoms with van der Waals surface area (Å²) in [5, 5.41) is 18.4. The molecule has 8 heteroatoms. The molecule has 0 fully saturated rings. The number of nitrogen functional groups attached to an aromatic ring is 1. The first-order valence-electron chi connectivity index (χ1n) is 5.48. The van der Waals surface area contributed by atoms with Crippen molar-refractivity contribution in [3.05, 3.63) is 18.2 Å². The molecule has 0 bridgehead atoms. The molecule has 1 aromatic carbocycles. The first kappa shape index (κ1) is 15.7. The Balaban J connectivity index is 2.95. The summed E-state index contributed by atoms with van der Waals surface area (Å²) in [4.78, 5) is -0.109. The average molecular weight is 290 g/mol. The third kappa shape index (κ3) is 4.06. The van der Waals surface area contributed by atoms with E-state index < -0.39 is 22.2 Å². The molecule has 0 aliphatic heterocycles. The molecule has 0 saturated heterocycles. The van der Waals surface area contributed by atoms with E-state index in [0.717, 1.165) is 0 Å². The maximum atomic E-state index is 12.0. The lowest BCUT2D eigenvalue weighted by Gasteiger charge is -2.20. The highest BCUT2D eigenvalue weighted by atomic mass is 32.2. The normalized spacial score (nSPS) is 14.9. The third-order valence-electron chi connectivity index (χ3n) is 2.49. The predicted molar refractivity (Wildman–Crippen MR) is 70.3 cm³/mol. The van der Waals surface area contributed by atoms with Gasteiger partial charge in [0.05, 0.1) is 25.0 Å². The second-order valence-electron chi connectivity index (χ2n) is 4.38. The molecule has 1 unspecified atom stereocenters. The van der Waals surface area contributed by atoms with Gasteiger partial charge in [-0.05, 0) is 19.1 Å². The Morgan fingerprint density at radius 3 is 2.58 bits per heavy atom. The van der Waals surface area contributed by atoms with Crippen LogP contribution in [-0.2, 0) is 10.0 Å². The van der Waals surface area contributed by atoms with E-state index in [4.69, 9.17) is 15.6 Å². The number of aliphatic hydroxyl groups excluding tert-OH is 1. The summed E-state index contributed by atoms with van der Waals surface area (Å²) in [6.07, 6.45) is 0. The minimum atomic E-state index is -3.86.